The molecule has 0 bridgehead atoms. The van der Waals surface area contributed by atoms with Gasteiger partial charge in [0.25, 0.3) is 5.92 Å². The van der Waals surface area contributed by atoms with E-state index in [0.29, 0.717) is 24.3 Å². The van der Waals surface area contributed by atoms with Crippen LogP contribution < -0.4 is 0 Å². The molecule has 1 aliphatic carbocycles. The molecule has 2 aromatic heterocycles. The molecule has 0 aliphatic heterocycles. The molecule has 0 atom stereocenters. The monoisotopic (exact) mass is 733 g/mol. The van der Waals surface area contributed by atoms with Crippen molar-refractivity contribution >= 4 is 22.7 Å². The smallest absolute Gasteiger partial charge is 0.200 e. The largest absolute Gasteiger partial charge is 0.284 e. The van der Waals surface area contributed by atoms with Gasteiger partial charge in [-0.25, -0.2) is 8.78 Å². The molecule has 288 valence electrons. The molecular weight excluding hydrogens is 655 g/mol. The number of fused-ring (bicyclic) bond motifs is 3. The lowest BCUT2D eigenvalue weighted by molar-refractivity contribution is -0.0975. The molecule has 2 heterocycles. The molecule has 0 nitrogen and oxygen atoms in total. The van der Waals surface area contributed by atoms with Gasteiger partial charge >= 0.3 is 0 Å². The quantitative estimate of drug-likeness (QED) is 0.0702. The Hall–Kier alpha value is -0.740. The van der Waals surface area contributed by atoms with E-state index in [1.165, 1.54) is 151 Å². The highest BCUT2D eigenvalue weighted by Gasteiger charge is 2.60. The van der Waals surface area contributed by atoms with Crippen molar-refractivity contribution in [1.82, 2.24) is 0 Å². The molecule has 1 aliphatic rings. The van der Waals surface area contributed by atoms with E-state index in [4.69, 9.17) is 0 Å². The molecular formula is C46H78F2S2. The van der Waals surface area contributed by atoms with Crippen molar-refractivity contribution < 1.29 is 8.78 Å². The fourth-order valence-electron chi connectivity index (χ4n) is 8.34. The summed E-state index contributed by atoms with van der Waals surface area (Å²) in [5, 5.41) is 0. The Labute approximate surface area is 317 Å². The van der Waals surface area contributed by atoms with E-state index in [0.717, 1.165) is 41.0 Å². The maximum absolute atomic E-state index is 17.4. The minimum atomic E-state index is -2.83. The van der Waals surface area contributed by atoms with E-state index in [9.17, 15) is 0 Å². The van der Waals surface area contributed by atoms with Crippen LogP contribution in [0.2, 0.25) is 0 Å². The van der Waals surface area contributed by atoms with E-state index in [1.54, 1.807) is 11.3 Å². The Balaban J connectivity index is 1.61. The number of halogens is 2. The maximum atomic E-state index is 17.4. The Morgan fingerprint density at radius 1 is 0.440 bits per heavy atom. The Kier molecular flexibility index (Phi) is 20.8. The van der Waals surface area contributed by atoms with Crippen molar-refractivity contribution in [2.24, 2.45) is 0 Å². The minimum absolute atomic E-state index is 0.269. The first-order chi connectivity index (χ1) is 24.2. The van der Waals surface area contributed by atoms with Crippen LogP contribution in [-0.2, 0) is 11.3 Å². The summed E-state index contributed by atoms with van der Waals surface area (Å²) in [7, 11) is 0. The molecule has 0 aromatic carbocycles. The summed E-state index contributed by atoms with van der Waals surface area (Å²) in [6.07, 6.45) is 34.6. The summed E-state index contributed by atoms with van der Waals surface area (Å²) in [5.74, 6) is -2.20. The molecule has 3 rings (SSSR count). The highest BCUT2D eigenvalue weighted by atomic mass is 32.1. The Morgan fingerprint density at radius 3 is 1.04 bits per heavy atom. The highest BCUT2D eigenvalue weighted by molar-refractivity contribution is 7.22. The van der Waals surface area contributed by atoms with Crippen molar-refractivity contribution in [1.29, 1.82) is 0 Å². The molecule has 0 spiro atoms. The van der Waals surface area contributed by atoms with Crippen LogP contribution in [0.15, 0.2) is 12.1 Å². The maximum Gasteiger partial charge on any atom is 0.284 e. The molecule has 2 aromatic rings. The number of unbranched alkanes of at least 4 members (excludes halogenated alkanes) is 24. The number of hydrogen-bond donors (Lipinski definition) is 0. The Bertz CT molecular complexity index is 1130. The van der Waals surface area contributed by atoms with Gasteiger partial charge in [-0.05, 0) is 42.4 Å². The van der Waals surface area contributed by atoms with Crippen LogP contribution in [-0.4, -0.2) is 0 Å². The third-order valence-electron chi connectivity index (χ3n) is 11.7. The average molecular weight is 733 g/mol. The first kappa shape index (κ1) is 43.7. The van der Waals surface area contributed by atoms with Gasteiger partial charge in [-0.1, -0.05) is 208 Å². The molecule has 0 saturated carbocycles. The van der Waals surface area contributed by atoms with E-state index in [2.05, 4.69) is 47.6 Å². The summed E-state index contributed by atoms with van der Waals surface area (Å²) >= 11 is 3.45. The van der Waals surface area contributed by atoms with Crippen LogP contribution in [0.1, 0.15) is 254 Å². The number of rotatable bonds is 30. The zero-order valence-corrected chi connectivity index (χ0v) is 35.3. The van der Waals surface area contributed by atoms with E-state index in [-0.39, 0.29) is 5.92 Å². The third kappa shape index (κ3) is 13.0. The van der Waals surface area contributed by atoms with Gasteiger partial charge in [0, 0.05) is 20.2 Å². The summed E-state index contributed by atoms with van der Waals surface area (Å²) in [6, 6.07) is 4.14. The normalized spacial score (nSPS) is 14.9. The van der Waals surface area contributed by atoms with Crippen molar-refractivity contribution in [2.45, 2.75) is 244 Å². The molecule has 0 N–H and O–H groups in total. The molecule has 0 fully saturated rings. The van der Waals surface area contributed by atoms with Gasteiger partial charge in [-0.2, -0.15) is 0 Å². The van der Waals surface area contributed by atoms with Gasteiger partial charge in [-0.15, -0.1) is 22.7 Å². The van der Waals surface area contributed by atoms with E-state index < -0.39 is 11.3 Å². The lowest BCUT2D eigenvalue weighted by Gasteiger charge is -2.44. The second-order valence-corrected chi connectivity index (χ2v) is 18.9. The average Bonchev–Trinajstić information content (AvgIpc) is 3.75. The van der Waals surface area contributed by atoms with E-state index in [1.807, 2.05) is 17.4 Å². The lowest BCUT2D eigenvalue weighted by Crippen LogP contribution is -2.45. The predicted octanol–water partition coefficient (Wildman–Crippen LogP) is 18.0. The fourth-order valence-corrected chi connectivity index (χ4v) is 11.0. The third-order valence-corrected chi connectivity index (χ3v) is 14.8. The van der Waals surface area contributed by atoms with Crippen molar-refractivity contribution in [3.05, 3.63) is 33.0 Å². The highest BCUT2D eigenvalue weighted by Crippen LogP contribution is 2.64. The first-order valence-corrected chi connectivity index (χ1v) is 23.5. The predicted molar refractivity (Wildman–Crippen MR) is 222 cm³/mol. The molecule has 0 amide bonds. The van der Waals surface area contributed by atoms with Crippen molar-refractivity contribution in [2.75, 3.05) is 0 Å². The summed E-state index contributed by atoms with van der Waals surface area (Å²) in [6.45, 7) is 13.3. The van der Waals surface area contributed by atoms with Crippen molar-refractivity contribution in [3.8, 4) is 9.75 Å². The molecule has 4 heteroatoms. The minimum Gasteiger partial charge on any atom is -0.200 e. The Morgan fingerprint density at radius 2 is 0.720 bits per heavy atom. The van der Waals surface area contributed by atoms with Gasteiger partial charge in [-0.3, -0.25) is 0 Å². The first-order valence-electron chi connectivity index (χ1n) is 21.9. The number of thiophene rings is 2. The molecule has 0 saturated heterocycles. The fraction of sp³-hybridized carbons (Fsp3) is 0.826. The van der Waals surface area contributed by atoms with Crippen LogP contribution in [0, 0.1) is 0 Å². The van der Waals surface area contributed by atoms with Crippen LogP contribution >= 0.6 is 22.7 Å². The SMILES string of the molecule is CCCCCCCCCCCCCCCC1(CCCCCCCCCCCCCCC)c2cc(C(C)C)sc2-c2sc(C(C)C)cc2C1(F)F. The van der Waals surface area contributed by atoms with Gasteiger partial charge in [0.15, 0.2) is 0 Å². The molecule has 0 radical (unpaired) electrons. The zero-order chi connectivity index (χ0) is 36.2. The molecule has 50 heavy (non-hydrogen) atoms. The van der Waals surface area contributed by atoms with Gasteiger partial charge < -0.3 is 0 Å². The van der Waals surface area contributed by atoms with Gasteiger partial charge in [0.1, 0.15) is 0 Å². The van der Waals surface area contributed by atoms with Crippen LogP contribution in [0.5, 0.6) is 0 Å². The summed E-state index contributed by atoms with van der Waals surface area (Å²) in [4.78, 5) is 4.43. The van der Waals surface area contributed by atoms with Crippen molar-refractivity contribution in [3.63, 3.8) is 0 Å². The molecule has 0 unspecified atom stereocenters. The standard InChI is InChI=1S/C46H78F2S2/c1-7-9-11-13-15-17-19-21-23-25-27-29-31-33-45(34-32-30-28-26-24-22-20-18-16-14-12-10-8-2)39-35-41(37(3)4)49-43(39)44-40(46(45,47)48)36-42(50-44)38(5)6/h35-38H,7-34H2,1-6H3. The lowest BCUT2D eigenvalue weighted by atomic mass is 9.63. The van der Waals surface area contributed by atoms with Crippen LogP contribution in [0.3, 0.4) is 0 Å². The van der Waals surface area contributed by atoms with E-state index >= 15 is 8.78 Å². The number of hydrogen-bond acceptors (Lipinski definition) is 2. The zero-order valence-electron chi connectivity index (χ0n) is 33.7. The van der Waals surface area contributed by atoms with Crippen LogP contribution in [0.25, 0.3) is 9.75 Å². The van der Waals surface area contributed by atoms with Crippen LogP contribution in [0.4, 0.5) is 8.78 Å². The topological polar surface area (TPSA) is 0 Å². The van der Waals surface area contributed by atoms with Gasteiger partial charge in [0.2, 0.25) is 0 Å². The summed E-state index contributed by atoms with van der Waals surface area (Å²) in [5.41, 5.74) is 0.267. The second-order valence-electron chi connectivity index (χ2n) is 16.7. The second kappa shape index (κ2) is 23.8. The number of alkyl halides is 2. The van der Waals surface area contributed by atoms with Gasteiger partial charge in [0.05, 0.1) is 10.3 Å². The summed E-state index contributed by atoms with van der Waals surface area (Å²) < 4.78 is 34.8.